The lowest BCUT2D eigenvalue weighted by Gasteiger charge is -2.05. The highest BCUT2D eigenvalue weighted by Gasteiger charge is 2.05. The van der Waals surface area contributed by atoms with Crippen molar-refractivity contribution in [2.45, 2.75) is 0 Å². The highest BCUT2D eigenvalue weighted by molar-refractivity contribution is 7.13. The minimum Gasteiger partial charge on any atom is -0.496 e. The van der Waals surface area contributed by atoms with Crippen LogP contribution in [0.1, 0.15) is 10.4 Å². The van der Waals surface area contributed by atoms with E-state index in [0.717, 1.165) is 11.8 Å². The number of benzene rings is 1. The normalized spacial score (nSPS) is 9.93. The van der Waals surface area contributed by atoms with Gasteiger partial charge in [0.25, 0.3) is 0 Å². The summed E-state index contributed by atoms with van der Waals surface area (Å²) in [5.41, 5.74) is 1.66. The predicted molar refractivity (Wildman–Crippen MR) is 61.7 cm³/mol. The maximum absolute atomic E-state index is 10.7. The van der Waals surface area contributed by atoms with E-state index in [1.165, 1.54) is 4.88 Å². The molecular formula is C12H10O2S. The number of hydrogen-bond acceptors (Lipinski definition) is 3. The number of carbonyl (C=O) groups excluding carboxylic acids is 1. The Morgan fingerprint density at radius 3 is 2.80 bits per heavy atom. The van der Waals surface area contributed by atoms with Crippen LogP contribution in [-0.4, -0.2) is 13.4 Å². The zero-order valence-corrected chi connectivity index (χ0v) is 9.08. The Balaban J connectivity index is 2.48. The van der Waals surface area contributed by atoms with Gasteiger partial charge in [0.05, 0.1) is 12.7 Å². The van der Waals surface area contributed by atoms with E-state index in [-0.39, 0.29) is 0 Å². The van der Waals surface area contributed by atoms with Crippen LogP contribution in [0, 0.1) is 0 Å². The van der Waals surface area contributed by atoms with Gasteiger partial charge in [-0.1, -0.05) is 12.1 Å². The van der Waals surface area contributed by atoms with Crippen molar-refractivity contribution in [1.29, 1.82) is 0 Å². The van der Waals surface area contributed by atoms with Gasteiger partial charge in [0, 0.05) is 4.88 Å². The number of rotatable bonds is 3. The first-order valence-corrected chi connectivity index (χ1v) is 5.40. The molecule has 1 aromatic carbocycles. The Morgan fingerprint density at radius 1 is 1.33 bits per heavy atom. The van der Waals surface area contributed by atoms with Crippen LogP contribution in [0.3, 0.4) is 0 Å². The van der Waals surface area contributed by atoms with Crippen molar-refractivity contribution in [3.05, 3.63) is 41.3 Å². The number of carbonyl (C=O) groups is 1. The molecule has 0 saturated heterocycles. The van der Waals surface area contributed by atoms with Crippen LogP contribution >= 0.6 is 11.3 Å². The Morgan fingerprint density at radius 2 is 2.20 bits per heavy atom. The molecule has 2 nitrogen and oxygen atoms in total. The molecule has 0 bridgehead atoms. The molecule has 1 heterocycles. The van der Waals surface area contributed by atoms with Gasteiger partial charge < -0.3 is 4.74 Å². The first kappa shape index (κ1) is 9.93. The maximum Gasteiger partial charge on any atom is 0.153 e. The van der Waals surface area contributed by atoms with E-state index in [9.17, 15) is 4.79 Å². The molecule has 0 N–H and O–H groups in total. The van der Waals surface area contributed by atoms with E-state index in [0.29, 0.717) is 11.3 Å². The van der Waals surface area contributed by atoms with Crippen molar-refractivity contribution < 1.29 is 9.53 Å². The topological polar surface area (TPSA) is 26.3 Å². The number of ether oxygens (including phenoxy) is 1. The summed E-state index contributed by atoms with van der Waals surface area (Å²) in [4.78, 5) is 11.9. The molecule has 0 fully saturated rings. The fourth-order valence-electron chi connectivity index (χ4n) is 1.40. The zero-order valence-electron chi connectivity index (χ0n) is 8.27. The van der Waals surface area contributed by atoms with Gasteiger partial charge in [-0.3, -0.25) is 4.79 Å². The second-order valence-corrected chi connectivity index (χ2v) is 4.00. The molecule has 76 valence electrons. The standard InChI is InChI=1S/C12H10O2S/c1-14-11-7-9(4-5-10(11)8-13)12-3-2-6-15-12/h2-8H,1H3. The van der Waals surface area contributed by atoms with Crippen LogP contribution in [0.5, 0.6) is 5.75 Å². The monoisotopic (exact) mass is 218 g/mol. The van der Waals surface area contributed by atoms with Gasteiger partial charge in [0.1, 0.15) is 5.75 Å². The van der Waals surface area contributed by atoms with Crippen molar-refractivity contribution in [2.75, 3.05) is 7.11 Å². The molecule has 3 heteroatoms. The Bertz CT molecular complexity index is 460. The van der Waals surface area contributed by atoms with Crippen molar-refractivity contribution in [1.82, 2.24) is 0 Å². The van der Waals surface area contributed by atoms with Crippen molar-refractivity contribution in [2.24, 2.45) is 0 Å². The molecule has 0 aliphatic rings. The number of hydrogen-bond donors (Lipinski definition) is 0. The summed E-state index contributed by atoms with van der Waals surface area (Å²) < 4.78 is 5.15. The van der Waals surface area contributed by atoms with E-state index in [1.54, 1.807) is 24.5 Å². The maximum atomic E-state index is 10.7. The van der Waals surface area contributed by atoms with Gasteiger partial charge in [-0.25, -0.2) is 0 Å². The van der Waals surface area contributed by atoms with E-state index in [4.69, 9.17) is 4.74 Å². The van der Waals surface area contributed by atoms with Gasteiger partial charge in [0.15, 0.2) is 6.29 Å². The van der Waals surface area contributed by atoms with Crippen LogP contribution in [0.2, 0.25) is 0 Å². The fourth-order valence-corrected chi connectivity index (χ4v) is 2.13. The molecule has 15 heavy (non-hydrogen) atoms. The second kappa shape index (κ2) is 4.28. The van der Waals surface area contributed by atoms with Gasteiger partial charge in [0.2, 0.25) is 0 Å². The van der Waals surface area contributed by atoms with Gasteiger partial charge in [-0.2, -0.15) is 0 Å². The largest absolute Gasteiger partial charge is 0.496 e. The average molecular weight is 218 g/mol. The molecule has 1 aromatic heterocycles. The molecule has 0 unspecified atom stereocenters. The lowest BCUT2D eigenvalue weighted by Crippen LogP contribution is -1.90. The lowest BCUT2D eigenvalue weighted by atomic mass is 10.1. The molecule has 2 rings (SSSR count). The van der Waals surface area contributed by atoms with Crippen LogP contribution in [-0.2, 0) is 0 Å². The Labute approximate surface area is 92.1 Å². The number of aldehydes is 1. The summed E-state index contributed by atoms with van der Waals surface area (Å²) >= 11 is 1.66. The molecule has 2 aromatic rings. The van der Waals surface area contributed by atoms with Crippen LogP contribution < -0.4 is 4.74 Å². The summed E-state index contributed by atoms with van der Waals surface area (Å²) in [6, 6.07) is 9.63. The highest BCUT2D eigenvalue weighted by atomic mass is 32.1. The van der Waals surface area contributed by atoms with Gasteiger partial charge in [-0.05, 0) is 29.1 Å². The third kappa shape index (κ3) is 1.92. The van der Waals surface area contributed by atoms with Crippen molar-refractivity contribution in [3.63, 3.8) is 0 Å². The first-order valence-electron chi connectivity index (χ1n) is 4.52. The van der Waals surface area contributed by atoms with E-state index in [2.05, 4.69) is 0 Å². The fraction of sp³-hybridized carbons (Fsp3) is 0.0833. The van der Waals surface area contributed by atoms with Crippen LogP contribution in [0.4, 0.5) is 0 Å². The molecule has 0 aliphatic carbocycles. The van der Waals surface area contributed by atoms with E-state index < -0.39 is 0 Å². The summed E-state index contributed by atoms with van der Waals surface area (Å²) in [7, 11) is 1.57. The number of thiophene rings is 1. The zero-order chi connectivity index (χ0) is 10.7. The molecule has 0 amide bonds. The summed E-state index contributed by atoms with van der Waals surface area (Å²) in [5.74, 6) is 0.621. The van der Waals surface area contributed by atoms with Crippen LogP contribution in [0.25, 0.3) is 10.4 Å². The van der Waals surface area contributed by atoms with E-state index >= 15 is 0 Å². The predicted octanol–water partition coefficient (Wildman–Crippen LogP) is 3.24. The van der Waals surface area contributed by atoms with Gasteiger partial charge in [-0.15, -0.1) is 11.3 Å². The molecule has 0 atom stereocenters. The smallest absolute Gasteiger partial charge is 0.153 e. The Kier molecular flexibility index (Phi) is 2.83. The Hall–Kier alpha value is -1.61. The van der Waals surface area contributed by atoms with Crippen molar-refractivity contribution in [3.8, 4) is 16.2 Å². The number of methoxy groups -OCH3 is 1. The van der Waals surface area contributed by atoms with Crippen LogP contribution in [0.15, 0.2) is 35.7 Å². The van der Waals surface area contributed by atoms with E-state index in [1.807, 2.05) is 29.6 Å². The first-order chi connectivity index (χ1) is 7.35. The molecule has 0 saturated carbocycles. The third-order valence-electron chi connectivity index (χ3n) is 2.17. The quantitative estimate of drug-likeness (QED) is 0.739. The average Bonchev–Trinajstić information content (AvgIpc) is 2.81. The lowest BCUT2D eigenvalue weighted by molar-refractivity contribution is 0.112. The van der Waals surface area contributed by atoms with Gasteiger partial charge >= 0.3 is 0 Å². The minimum atomic E-state index is 0.581. The summed E-state index contributed by atoms with van der Waals surface area (Å²) in [6.07, 6.45) is 0.803. The summed E-state index contributed by atoms with van der Waals surface area (Å²) in [6.45, 7) is 0. The third-order valence-corrected chi connectivity index (χ3v) is 3.09. The second-order valence-electron chi connectivity index (χ2n) is 3.05. The van der Waals surface area contributed by atoms with Crippen molar-refractivity contribution >= 4 is 17.6 Å². The highest BCUT2D eigenvalue weighted by Crippen LogP contribution is 2.29. The SMILES string of the molecule is COc1cc(-c2cccs2)ccc1C=O. The molecule has 0 spiro atoms. The molecule has 0 aliphatic heterocycles. The summed E-state index contributed by atoms with van der Waals surface area (Å²) in [5, 5.41) is 2.02. The minimum absolute atomic E-state index is 0.581. The molecular weight excluding hydrogens is 208 g/mol. The molecule has 0 radical (unpaired) electrons.